The summed E-state index contributed by atoms with van der Waals surface area (Å²) >= 11 is 6.53. The number of halogens is 2. The maximum atomic E-state index is 14.6. The lowest BCUT2D eigenvalue weighted by atomic mass is 9.85. The van der Waals surface area contributed by atoms with Crippen LogP contribution in [-0.2, 0) is 10.0 Å². The molecule has 11 nitrogen and oxygen atoms in total. The molecule has 2 aromatic heterocycles. The van der Waals surface area contributed by atoms with Crippen molar-refractivity contribution < 1.29 is 22.7 Å². The Hall–Kier alpha value is -3.45. The minimum atomic E-state index is -3.71. The van der Waals surface area contributed by atoms with Crippen LogP contribution in [0.3, 0.4) is 0 Å². The van der Waals surface area contributed by atoms with Crippen molar-refractivity contribution in [3.8, 4) is 22.6 Å². The van der Waals surface area contributed by atoms with Crippen LogP contribution < -0.4 is 15.4 Å². The number of hydrogen-bond donors (Lipinski definition) is 5. The Balaban J connectivity index is 1.75. The van der Waals surface area contributed by atoms with E-state index in [1.807, 2.05) is 0 Å². The van der Waals surface area contributed by atoms with E-state index < -0.39 is 28.0 Å². The van der Waals surface area contributed by atoms with Crippen LogP contribution in [-0.4, -0.2) is 58.4 Å². The summed E-state index contributed by atoms with van der Waals surface area (Å²) < 4.78 is 40.3. The number of sulfonamides is 1. The van der Waals surface area contributed by atoms with Crippen molar-refractivity contribution in [1.82, 2.24) is 25.3 Å². The first kappa shape index (κ1) is 25.6. The highest BCUT2D eigenvalue weighted by Crippen LogP contribution is 2.42. The Bertz CT molecular complexity index is 1400. The second-order valence-corrected chi connectivity index (χ2v) is 10.8. The van der Waals surface area contributed by atoms with Crippen LogP contribution in [0.25, 0.3) is 22.6 Å². The number of H-pyrrole nitrogens is 1. The van der Waals surface area contributed by atoms with Gasteiger partial charge in [0.2, 0.25) is 16.0 Å². The maximum Gasteiger partial charge on any atom is 0.404 e. The van der Waals surface area contributed by atoms with Crippen LogP contribution in [0.2, 0.25) is 5.02 Å². The fourth-order valence-electron chi connectivity index (χ4n) is 3.77. The molecule has 1 aromatic carbocycles. The van der Waals surface area contributed by atoms with Crippen molar-refractivity contribution in [1.29, 1.82) is 0 Å². The van der Waals surface area contributed by atoms with E-state index in [1.54, 1.807) is 13.0 Å². The van der Waals surface area contributed by atoms with Gasteiger partial charge < -0.3 is 20.7 Å². The summed E-state index contributed by atoms with van der Waals surface area (Å²) in [6.07, 6.45) is 4.32. The van der Waals surface area contributed by atoms with Gasteiger partial charge in [-0.1, -0.05) is 18.0 Å². The average molecular weight is 538 g/mol. The number of aromatic nitrogens is 4. The summed E-state index contributed by atoms with van der Waals surface area (Å²) in [6, 6.07) is 3.45. The molecule has 0 radical (unpaired) electrons. The van der Waals surface area contributed by atoms with E-state index in [9.17, 15) is 17.6 Å². The van der Waals surface area contributed by atoms with Gasteiger partial charge in [-0.05, 0) is 38.0 Å². The lowest BCUT2D eigenvalue weighted by Gasteiger charge is -2.22. The fraction of sp³-hybridized carbons (Fsp3) is 0.364. The normalized spacial score (nSPS) is 14.7. The number of anilines is 2. The standard InChI is InChI=1S/C22H25ClFN7O4S/c1-11(27-22(32)33)10-26-21-25-7-6-15(28-21)19-18(29-20(30-19)12-4-3-5-12)14-8-13(24)9-16(17(14)23)31-36(2,34)35/h6-9,11-12,27,31H,3-5,10H2,1-2H3,(H,29,30)(H,32,33)(H,25,26,28). The summed E-state index contributed by atoms with van der Waals surface area (Å²) in [7, 11) is -3.71. The van der Waals surface area contributed by atoms with Crippen LogP contribution >= 0.6 is 11.6 Å². The van der Waals surface area contributed by atoms with E-state index in [4.69, 9.17) is 21.7 Å². The zero-order valence-corrected chi connectivity index (χ0v) is 21.0. The van der Waals surface area contributed by atoms with Crippen LogP contribution in [0.15, 0.2) is 24.4 Å². The van der Waals surface area contributed by atoms with Gasteiger partial charge in [0.15, 0.2) is 0 Å². The number of carboxylic acid groups (broad SMARTS) is 1. The van der Waals surface area contributed by atoms with Gasteiger partial charge in [0, 0.05) is 30.3 Å². The second-order valence-electron chi connectivity index (χ2n) is 8.66. The molecule has 36 heavy (non-hydrogen) atoms. The third-order valence-electron chi connectivity index (χ3n) is 5.65. The van der Waals surface area contributed by atoms with Crippen LogP contribution in [0.4, 0.5) is 20.8 Å². The first-order valence-corrected chi connectivity index (χ1v) is 13.4. The van der Waals surface area contributed by atoms with Gasteiger partial charge in [0.05, 0.1) is 34.0 Å². The Kier molecular flexibility index (Phi) is 7.31. The summed E-state index contributed by atoms with van der Waals surface area (Å²) in [5.41, 5.74) is 1.34. The molecular weight excluding hydrogens is 513 g/mol. The Morgan fingerprint density at radius 2 is 2.08 bits per heavy atom. The number of nitrogens with one attached hydrogen (secondary N) is 4. The van der Waals surface area contributed by atoms with Gasteiger partial charge in [-0.25, -0.2) is 32.6 Å². The molecule has 0 bridgehead atoms. The molecule has 192 valence electrons. The van der Waals surface area contributed by atoms with Crippen LogP contribution in [0.1, 0.15) is 37.9 Å². The molecule has 4 rings (SSSR count). The number of nitrogens with zero attached hydrogens (tertiary/aromatic N) is 3. The van der Waals surface area contributed by atoms with Gasteiger partial charge in [-0.2, -0.15) is 0 Å². The quantitative estimate of drug-likeness (QED) is 0.273. The largest absolute Gasteiger partial charge is 0.465 e. The highest BCUT2D eigenvalue weighted by atomic mass is 35.5. The minimum Gasteiger partial charge on any atom is -0.465 e. The van der Waals surface area contributed by atoms with E-state index in [2.05, 4.69) is 30.3 Å². The first-order chi connectivity index (χ1) is 17.0. The molecule has 1 unspecified atom stereocenters. The summed E-state index contributed by atoms with van der Waals surface area (Å²) in [6.45, 7) is 1.94. The molecule has 14 heteroatoms. The molecule has 1 amide bonds. The molecule has 2 heterocycles. The lowest BCUT2D eigenvalue weighted by Crippen LogP contribution is -2.36. The summed E-state index contributed by atoms with van der Waals surface area (Å²) in [4.78, 5) is 27.5. The predicted molar refractivity (Wildman–Crippen MR) is 134 cm³/mol. The van der Waals surface area contributed by atoms with Crippen molar-refractivity contribution in [2.24, 2.45) is 0 Å². The predicted octanol–water partition coefficient (Wildman–Crippen LogP) is 4.03. The number of carbonyl (C=O) groups is 1. The minimum absolute atomic E-state index is 0.00397. The molecule has 1 atom stereocenters. The third-order valence-corrected chi connectivity index (χ3v) is 6.65. The van der Waals surface area contributed by atoms with Crippen molar-refractivity contribution in [2.45, 2.75) is 38.1 Å². The Morgan fingerprint density at radius 1 is 1.33 bits per heavy atom. The van der Waals surface area contributed by atoms with Crippen LogP contribution in [0.5, 0.6) is 0 Å². The number of hydrogen-bond acceptors (Lipinski definition) is 7. The molecule has 0 aliphatic heterocycles. The molecule has 1 aliphatic carbocycles. The lowest BCUT2D eigenvalue weighted by molar-refractivity contribution is 0.191. The van der Waals surface area contributed by atoms with Crippen molar-refractivity contribution in [3.63, 3.8) is 0 Å². The molecule has 0 spiro atoms. The van der Waals surface area contributed by atoms with E-state index in [0.29, 0.717) is 22.9 Å². The topological polar surface area (TPSA) is 162 Å². The van der Waals surface area contributed by atoms with E-state index in [1.165, 1.54) is 12.3 Å². The second kappa shape index (κ2) is 10.3. The highest BCUT2D eigenvalue weighted by molar-refractivity contribution is 7.92. The SMILES string of the molecule is CC(CNc1nccc(-c2[nH]c(C3CCC3)nc2-c2cc(F)cc(NS(C)(=O)=O)c2Cl)n1)NC(=O)O. The average Bonchev–Trinajstić information content (AvgIpc) is 3.16. The molecule has 0 saturated heterocycles. The van der Waals surface area contributed by atoms with Gasteiger partial charge in [0.25, 0.3) is 0 Å². The number of rotatable bonds is 9. The molecule has 1 saturated carbocycles. The first-order valence-electron chi connectivity index (χ1n) is 11.1. The maximum absolute atomic E-state index is 14.6. The van der Waals surface area contributed by atoms with Gasteiger partial charge >= 0.3 is 6.09 Å². The summed E-state index contributed by atoms with van der Waals surface area (Å²) in [5, 5.41) is 14.2. The summed E-state index contributed by atoms with van der Waals surface area (Å²) in [5.74, 6) is 0.476. The zero-order chi connectivity index (χ0) is 26.0. The fourth-order valence-corrected chi connectivity index (χ4v) is 4.63. The van der Waals surface area contributed by atoms with E-state index in [-0.39, 0.29) is 34.7 Å². The van der Waals surface area contributed by atoms with E-state index in [0.717, 1.165) is 31.6 Å². The van der Waals surface area contributed by atoms with Crippen molar-refractivity contribution >= 4 is 39.4 Å². The van der Waals surface area contributed by atoms with Crippen LogP contribution in [0, 0.1) is 5.82 Å². The molecule has 1 aliphatic rings. The van der Waals surface area contributed by atoms with E-state index >= 15 is 0 Å². The molecule has 3 aromatic rings. The van der Waals surface area contributed by atoms with Gasteiger partial charge in [0.1, 0.15) is 11.6 Å². The molecule has 1 fully saturated rings. The van der Waals surface area contributed by atoms with Crippen molar-refractivity contribution in [3.05, 3.63) is 41.1 Å². The third kappa shape index (κ3) is 6.02. The smallest absolute Gasteiger partial charge is 0.404 e. The monoisotopic (exact) mass is 537 g/mol. The number of imidazole rings is 1. The number of benzene rings is 1. The number of aromatic amines is 1. The van der Waals surface area contributed by atoms with Gasteiger partial charge in [-0.15, -0.1) is 0 Å². The molecule has 5 N–H and O–H groups in total. The number of amides is 1. The van der Waals surface area contributed by atoms with Crippen molar-refractivity contribution in [2.75, 3.05) is 22.8 Å². The zero-order valence-electron chi connectivity index (χ0n) is 19.5. The highest BCUT2D eigenvalue weighted by Gasteiger charge is 2.27. The van der Waals surface area contributed by atoms with Gasteiger partial charge in [-0.3, -0.25) is 4.72 Å². The Labute approximate surface area is 212 Å². The molecular formula is C22H25ClFN7O4S. The Morgan fingerprint density at radius 3 is 2.72 bits per heavy atom.